The second-order valence-corrected chi connectivity index (χ2v) is 14.6. The number of anilines is 3. The third-order valence-corrected chi connectivity index (χ3v) is 9.36. The predicted octanol–water partition coefficient (Wildman–Crippen LogP) is 5.01. The summed E-state index contributed by atoms with van der Waals surface area (Å²) in [5, 5.41) is 34.2. The van der Waals surface area contributed by atoms with Gasteiger partial charge in [0.2, 0.25) is 11.8 Å². The van der Waals surface area contributed by atoms with Gasteiger partial charge in [0.05, 0.1) is 31.4 Å². The van der Waals surface area contributed by atoms with Gasteiger partial charge in [-0.15, -0.1) is 10.2 Å². The molecule has 1 aromatic heterocycles. The van der Waals surface area contributed by atoms with Crippen molar-refractivity contribution in [1.82, 2.24) is 9.97 Å². The van der Waals surface area contributed by atoms with E-state index in [9.17, 15) is 57.9 Å². The number of nitrogens with zero attached hydrogens (tertiary/aromatic N) is 5. The first-order valence-electron chi connectivity index (χ1n) is 13.3. The van der Waals surface area contributed by atoms with E-state index in [-0.39, 0.29) is 22.2 Å². The third-order valence-electron chi connectivity index (χ3n) is 6.53. The average Bonchev–Trinajstić information content (AvgIpc) is 3.03. The Morgan fingerprint density at radius 1 is 0.765 bits per heavy atom. The van der Waals surface area contributed by atoms with Gasteiger partial charge in [-0.1, -0.05) is 41.9 Å². The Hall–Kier alpha value is -5.43. The highest BCUT2D eigenvalue weighted by atomic mass is 35.5. The van der Waals surface area contributed by atoms with E-state index in [4.69, 9.17) is 11.6 Å². The van der Waals surface area contributed by atoms with Crippen molar-refractivity contribution in [3.63, 3.8) is 0 Å². The molecule has 5 rings (SSSR count). The smallest absolute Gasteiger partial charge is 0.313 e. The fraction of sp³-hybridized carbons (Fsp3) is 0. The molecular weight excluding hydrogens is 768 g/mol. The van der Waals surface area contributed by atoms with Crippen molar-refractivity contribution < 1.29 is 57.9 Å². The van der Waals surface area contributed by atoms with Crippen molar-refractivity contribution in [3.8, 4) is 11.5 Å². The first-order valence-corrected chi connectivity index (χ1v) is 18.0. The van der Waals surface area contributed by atoms with Crippen molar-refractivity contribution in [3.05, 3.63) is 89.3 Å². The number of rotatable bonds is 9. The van der Waals surface area contributed by atoms with Crippen molar-refractivity contribution in [1.29, 1.82) is 0 Å². The Bertz CT molecular complexity index is 2630. The molecule has 18 nitrogen and oxygen atoms in total. The van der Waals surface area contributed by atoms with E-state index in [0.29, 0.717) is 18.2 Å². The Balaban J connectivity index is 1.66. The molecule has 0 radical (unpaired) electrons. The van der Waals surface area contributed by atoms with Gasteiger partial charge in [-0.05, 0) is 35.7 Å². The largest absolute Gasteiger partial charge is 0.507 e. The lowest BCUT2D eigenvalue weighted by Crippen LogP contribution is -2.06. The Morgan fingerprint density at radius 3 is 1.94 bits per heavy atom. The van der Waals surface area contributed by atoms with Gasteiger partial charge in [0.15, 0.2) is 11.6 Å². The fourth-order valence-electron chi connectivity index (χ4n) is 4.28. The molecule has 0 fully saturated rings. The molecule has 51 heavy (non-hydrogen) atoms. The minimum Gasteiger partial charge on any atom is -0.507 e. The van der Waals surface area contributed by atoms with Crippen LogP contribution in [0, 0.1) is 12.0 Å². The minimum atomic E-state index is -5.02. The Kier molecular flexibility index (Phi) is 9.90. The summed E-state index contributed by atoms with van der Waals surface area (Å²) in [6, 6.07) is 11.9. The van der Waals surface area contributed by atoms with Gasteiger partial charge in [0.25, 0.3) is 30.4 Å². The van der Waals surface area contributed by atoms with Crippen molar-refractivity contribution >= 4 is 81.4 Å². The molecule has 0 spiro atoms. The molecule has 0 aliphatic carbocycles. The monoisotopic (exact) mass is 785 g/mol. The quantitative estimate of drug-likeness (QED) is 0.0151. The molecule has 0 aliphatic rings. The summed E-state index contributed by atoms with van der Waals surface area (Å²) in [5.41, 5.74) is 0.827. The molecule has 1 heterocycles. The van der Waals surface area contributed by atoms with E-state index in [1.54, 1.807) is 6.07 Å². The third kappa shape index (κ3) is 8.31. The molecule has 0 aliphatic heterocycles. The van der Waals surface area contributed by atoms with E-state index in [1.165, 1.54) is 24.3 Å². The van der Waals surface area contributed by atoms with Crippen LogP contribution in [0.5, 0.6) is 11.5 Å². The fourth-order valence-corrected chi connectivity index (χ4v) is 6.02. The van der Waals surface area contributed by atoms with Crippen molar-refractivity contribution in [2.45, 2.75) is 14.7 Å². The highest BCUT2D eigenvalue weighted by Crippen LogP contribution is 2.40. The van der Waals surface area contributed by atoms with Gasteiger partial charge in [-0.25, -0.2) is 0 Å². The van der Waals surface area contributed by atoms with Crippen LogP contribution < -0.4 is 10.7 Å². The molecule has 0 saturated heterocycles. The topological polar surface area (TPSA) is 290 Å². The number of benzene rings is 4. The van der Waals surface area contributed by atoms with Crippen LogP contribution in [-0.4, -0.2) is 64.9 Å². The predicted molar refractivity (Wildman–Crippen MR) is 175 cm³/mol. The molecule has 5 aromatic rings. The maximum atomic E-state index is 13.9. The number of amidine groups is 1. The summed E-state index contributed by atoms with van der Waals surface area (Å²) in [6.45, 7) is 0. The minimum absolute atomic E-state index is 0.171. The van der Waals surface area contributed by atoms with E-state index in [1.807, 2.05) is 0 Å². The molecule has 4 aromatic carbocycles. The van der Waals surface area contributed by atoms with Crippen LogP contribution in [0.15, 0.2) is 96.7 Å². The maximum absolute atomic E-state index is 13.9. The van der Waals surface area contributed by atoms with Crippen molar-refractivity contribution in [2.75, 3.05) is 10.7 Å². The lowest BCUT2D eigenvalue weighted by Gasteiger charge is -2.14. The van der Waals surface area contributed by atoms with Gasteiger partial charge >= 0.3 is 6.08 Å². The molecule has 0 unspecified atom stereocenters. The van der Waals surface area contributed by atoms with Gasteiger partial charge in [-0.2, -0.15) is 49.1 Å². The molecular formula is C27H18ClF2N7O11S3. The number of phenolic OH excluding ortho intramolecular Hbond substituents is 2. The lowest BCUT2D eigenvalue weighted by atomic mass is 10.1. The van der Waals surface area contributed by atoms with E-state index < -0.39 is 96.5 Å². The molecule has 266 valence electrons. The molecule has 0 bridgehead atoms. The Labute approximate surface area is 290 Å². The SMILES string of the molecule is O=S(=O)(O)c1cc(N/N=C(/N=Nc2cc(S(=O)(=O)O)cc3cc(S(=O)(=O)O)cc(O)c23)c2ccccc2)c(O)c(Nc2nc(F)nc(F)c2Cl)c1. The zero-order chi connectivity index (χ0) is 37.5. The zero-order valence-electron chi connectivity index (χ0n) is 24.6. The maximum Gasteiger partial charge on any atom is 0.313 e. The van der Waals surface area contributed by atoms with Crippen molar-refractivity contribution in [2.24, 2.45) is 15.3 Å². The summed E-state index contributed by atoms with van der Waals surface area (Å²) in [5.74, 6) is -4.30. The number of hydrogen-bond acceptors (Lipinski definition) is 14. The van der Waals surface area contributed by atoms with Crippen LogP contribution in [-0.2, 0) is 30.4 Å². The molecule has 0 amide bonds. The van der Waals surface area contributed by atoms with E-state index in [2.05, 4.69) is 36.0 Å². The normalized spacial score (nSPS) is 12.8. The number of fused-ring (bicyclic) bond motifs is 1. The second kappa shape index (κ2) is 13.7. The van der Waals surface area contributed by atoms with Crippen LogP contribution >= 0.6 is 11.6 Å². The number of phenols is 2. The van der Waals surface area contributed by atoms with Crippen LogP contribution in [0.1, 0.15) is 5.56 Å². The van der Waals surface area contributed by atoms with Gasteiger partial charge in [0, 0.05) is 11.6 Å². The van der Waals surface area contributed by atoms with Gasteiger partial charge in [0.1, 0.15) is 16.5 Å². The molecule has 0 saturated carbocycles. The Morgan fingerprint density at radius 2 is 1.33 bits per heavy atom. The first-order chi connectivity index (χ1) is 23.7. The number of aromatic nitrogens is 2. The van der Waals surface area contributed by atoms with Crippen LogP contribution in [0.4, 0.5) is 31.7 Å². The number of nitrogens with one attached hydrogen (secondary N) is 2. The van der Waals surface area contributed by atoms with E-state index in [0.717, 1.165) is 18.2 Å². The van der Waals surface area contributed by atoms with E-state index >= 15 is 0 Å². The van der Waals surface area contributed by atoms with Gasteiger partial charge < -0.3 is 15.5 Å². The standard InChI is InChI=1S/C27H18ClF2N7O11S3/c28-22-24(29)32-27(30)33-26(22)31-18-9-16(51(46,47)48)10-19(23(18)39)35-37-25(12-4-2-1-3-5-12)36-34-17-8-14(49(40,41)42)6-13-7-15(50(43,44)45)11-20(38)21(13)17/h1-11,35,38-39H,(H,31,32,33)(H,40,41,42)(H,43,44,45)(H,46,47,48)/b36-34?,37-25+. The number of hydrogen-bond donors (Lipinski definition) is 7. The number of halogens is 3. The summed E-state index contributed by atoms with van der Waals surface area (Å²) < 4.78 is 128. The number of aromatic hydroxyl groups is 2. The van der Waals surface area contributed by atoms with Crippen LogP contribution in [0.3, 0.4) is 0 Å². The summed E-state index contributed by atoms with van der Waals surface area (Å²) in [4.78, 5) is 3.53. The summed E-state index contributed by atoms with van der Waals surface area (Å²) in [7, 11) is -14.9. The van der Waals surface area contributed by atoms with Gasteiger partial charge in [-0.3, -0.25) is 19.1 Å². The van der Waals surface area contributed by atoms with Crippen LogP contribution in [0.2, 0.25) is 5.02 Å². The zero-order valence-corrected chi connectivity index (χ0v) is 27.8. The highest BCUT2D eigenvalue weighted by Gasteiger charge is 2.22. The molecule has 24 heteroatoms. The number of azo groups is 1. The first kappa shape index (κ1) is 36.8. The molecule has 0 atom stereocenters. The molecule has 7 N–H and O–H groups in total. The highest BCUT2D eigenvalue weighted by molar-refractivity contribution is 7.86. The average molecular weight is 786 g/mol. The summed E-state index contributed by atoms with van der Waals surface area (Å²) >= 11 is 5.76. The lowest BCUT2D eigenvalue weighted by molar-refractivity contribution is 0.470. The second-order valence-electron chi connectivity index (χ2n) is 9.96. The van der Waals surface area contributed by atoms with Crippen LogP contribution in [0.25, 0.3) is 10.8 Å². The number of hydrazone groups is 1. The summed E-state index contributed by atoms with van der Waals surface area (Å²) in [6.07, 6.45) is -1.58.